The van der Waals surface area contributed by atoms with Crippen molar-refractivity contribution in [3.63, 3.8) is 0 Å². The molecule has 3 aromatic rings. The quantitative estimate of drug-likeness (QED) is 0.549. The highest BCUT2D eigenvalue weighted by Gasteiger charge is 2.25. The van der Waals surface area contributed by atoms with E-state index in [-0.39, 0.29) is 17.3 Å². The van der Waals surface area contributed by atoms with Crippen LogP contribution in [0.5, 0.6) is 0 Å². The minimum atomic E-state index is -0.534. The molecule has 1 aromatic heterocycles. The Hall–Kier alpha value is -3.48. The van der Waals surface area contributed by atoms with Crippen LogP contribution in [-0.2, 0) is 13.1 Å². The second-order valence-electron chi connectivity index (χ2n) is 5.52. The molecule has 0 saturated carbocycles. The topological polar surface area (TPSA) is 98.2 Å². The van der Waals surface area contributed by atoms with Gasteiger partial charge in [0.1, 0.15) is 6.33 Å². The lowest BCUT2D eigenvalue weighted by Crippen LogP contribution is -2.24. The van der Waals surface area contributed by atoms with Crippen LogP contribution in [-0.4, -0.2) is 14.9 Å². The Kier molecular flexibility index (Phi) is 4.84. The van der Waals surface area contributed by atoms with Gasteiger partial charge in [-0.05, 0) is 11.1 Å². The molecule has 25 heavy (non-hydrogen) atoms. The Bertz CT molecular complexity index is 814. The lowest BCUT2D eigenvalue weighted by molar-refractivity contribution is -0.383. The summed E-state index contributed by atoms with van der Waals surface area (Å²) in [6.07, 6.45) is 1.25. The van der Waals surface area contributed by atoms with Crippen molar-refractivity contribution in [2.45, 2.75) is 13.1 Å². The third kappa shape index (κ3) is 3.89. The first-order chi connectivity index (χ1) is 12.1. The van der Waals surface area contributed by atoms with E-state index in [4.69, 9.17) is 5.73 Å². The van der Waals surface area contributed by atoms with Gasteiger partial charge in [-0.1, -0.05) is 60.7 Å². The molecule has 3 rings (SSSR count). The molecule has 0 aliphatic carbocycles. The van der Waals surface area contributed by atoms with E-state index in [1.54, 1.807) is 0 Å². The normalized spacial score (nSPS) is 10.4. The van der Waals surface area contributed by atoms with Crippen LogP contribution in [0.3, 0.4) is 0 Å². The molecular formula is C18H17N5O2. The first-order valence-corrected chi connectivity index (χ1v) is 7.73. The smallest absolute Gasteiger partial charge is 0.353 e. The highest BCUT2D eigenvalue weighted by molar-refractivity contribution is 5.68. The van der Waals surface area contributed by atoms with E-state index in [1.165, 1.54) is 6.33 Å². The molecule has 0 atom stereocenters. The van der Waals surface area contributed by atoms with Crippen LogP contribution in [0.25, 0.3) is 0 Å². The molecule has 0 aliphatic rings. The predicted molar refractivity (Wildman–Crippen MR) is 95.9 cm³/mol. The molecule has 0 aliphatic heterocycles. The predicted octanol–water partition coefficient (Wildman–Crippen LogP) is 3.17. The fourth-order valence-corrected chi connectivity index (χ4v) is 2.60. The number of nitrogens with zero attached hydrogens (tertiary/aromatic N) is 4. The number of nitrogens with two attached hydrogens (primary N) is 1. The van der Waals surface area contributed by atoms with Crippen LogP contribution in [0.15, 0.2) is 67.0 Å². The SMILES string of the molecule is Nc1ncnc(N(Cc2ccccc2)Cc2ccccc2)c1[N+](=O)[O-]. The zero-order valence-electron chi connectivity index (χ0n) is 13.4. The molecule has 0 radical (unpaired) electrons. The molecule has 7 nitrogen and oxygen atoms in total. The molecule has 1 heterocycles. The van der Waals surface area contributed by atoms with Gasteiger partial charge in [0, 0.05) is 13.1 Å². The van der Waals surface area contributed by atoms with Crippen molar-refractivity contribution in [3.8, 4) is 0 Å². The molecule has 0 spiro atoms. The second-order valence-corrected chi connectivity index (χ2v) is 5.52. The van der Waals surface area contributed by atoms with E-state index in [2.05, 4.69) is 9.97 Å². The first-order valence-electron chi connectivity index (χ1n) is 7.73. The zero-order chi connectivity index (χ0) is 17.6. The van der Waals surface area contributed by atoms with Gasteiger partial charge < -0.3 is 10.6 Å². The van der Waals surface area contributed by atoms with E-state index >= 15 is 0 Å². The average Bonchev–Trinajstić information content (AvgIpc) is 2.62. The molecule has 2 aromatic carbocycles. The number of hydrogen-bond acceptors (Lipinski definition) is 6. The Morgan fingerprint density at radius 2 is 1.44 bits per heavy atom. The largest absolute Gasteiger partial charge is 0.378 e. The number of rotatable bonds is 6. The van der Waals surface area contributed by atoms with Crippen molar-refractivity contribution in [1.82, 2.24) is 9.97 Å². The maximum atomic E-state index is 11.5. The van der Waals surface area contributed by atoms with E-state index < -0.39 is 4.92 Å². The summed E-state index contributed by atoms with van der Waals surface area (Å²) in [5, 5.41) is 11.5. The standard InChI is InChI=1S/C18H17N5O2/c19-17-16(23(24)25)18(21-13-20-17)22(11-14-7-3-1-4-8-14)12-15-9-5-2-6-10-15/h1-10,13H,11-12H2,(H2,19,20,21). The Morgan fingerprint density at radius 1 is 0.920 bits per heavy atom. The van der Waals surface area contributed by atoms with Gasteiger partial charge in [-0.3, -0.25) is 10.1 Å². The highest BCUT2D eigenvalue weighted by Crippen LogP contribution is 2.31. The fourth-order valence-electron chi connectivity index (χ4n) is 2.60. The van der Waals surface area contributed by atoms with Gasteiger partial charge >= 0.3 is 5.69 Å². The van der Waals surface area contributed by atoms with Gasteiger partial charge in [0.05, 0.1) is 4.92 Å². The van der Waals surface area contributed by atoms with E-state index in [9.17, 15) is 10.1 Å². The van der Waals surface area contributed by atoms with Crippen LogP contribution in [0.4, 0.5) is 17.3 Å². The Balaban J connectivity index is 2.02. The van der Waals surface area contributed by atoms with Crippen molar-refractivity contribution in [2.24, 2.45) is 0 Å². The molecule has 2 N–H and O–H groups in total. The van der Waals surface area contributed by atoms with Crippen molar-refractivity contribution in [2.75, 3.05) is 10.6 Å². The number of nitro groups is 1. The number of hydrogen-bond donors (Lipinski definition) is 1. The monoisotopic (exact) mass is 335 g/mol. The van der Waals surface area contributed by atoms with Gasteiger partial charge in [-0.25, -0.2) is 9.97 Å². The summed E-state index contributed by atoms with van der Waals surface area (Å²) in [7, 11) is 0. The van der Waals surface area contributed by atoms with E-state index in [1.807, 2.05) is 65.6 Å². The number of nitrogen functional groups attached to an aromatic ring is 1. The summed E-state index contributed by atoms with van der Waals surface area (Å²) >= 11 is 0. The van der Waals surface area contributed by atoms with Crippen molar-refractivity contribution in [3.05, 3.63) is 88.2 Å². The molecule has 0 bridgehead atoms. The number of aromatic nitrogens is 2. The van der Waals surface area contributed by atoms with Crippen LogP contribution in [0, 0.1) is 10.1 Å². The zero-order valence-corrected chi connectivity index (χ0v) is 13.4. The highest BCUT2D eigenvalue weighted by atomic mass is 16.6. The van der Waals surface area contributed by atoms with Crippen LogP contribution >= 0.6 is 0 Å². The summed E-state index contributed by atoms with van der Waals surface area (Å²) in [6, 6.07) is 19.4. The van der Waals surface area contributed by atoms with Crippen molar-refractivity contribution >= 4 is 17.3 Å². The maximum Gasteiger partial charge on any atom is 0.353 e. The van der Waals surface area contributed by atoms with E-state index in [0.29, 0.717) is 13.1 Å². The molecule has 0 fully saturated rings. The summed E-state index contributed by atoms with van der Waals surface area (Å²) in [5.74, 6) is 0.0753. The third-order valence-corrected chi connectivity index (χ3v) is 3.75. The van der Waals surface area contributed by atoms with E-state index in [0.717, 1.165) is 11.1 Å². The molecule has 0 unspecified atom stereocenters. The van der Waals surface area contributed by atoms with Crippen LogP contribution in [0.2, 0.25) is 0 Å². The Labute approximate surface area is 144 Å². The molecule has 126 valence electrons. The first kappa shape index (κ1) is 16.4. The Morgan fingerprint density at radius 3 is 1.92 bits per heavy atom. The van der Waals surface area contributed by atoms with Gasteiger partial charge in [0.25, 0.3) is 0 Å². The van der Waals surface area contributed by atoms with Gasteiger partial charge in [-0.2, -0.15) is 0 Å². The van der Waals surface area contributed by atoms with Crippen LogP contribution in [0.1, 0.15) is 11.1 Å². The molecule has 0 saturated heterocycles. The lowest BCUT2D eigenvalue weighted by Gasteiger charge is -2.23. The minimum Gasteiger partial charge on any atom is -0.378 e. The van der Waals surface area contributed by atoms with Crippen LogP contribution < -0.4 is 10.6 Å². The number of benzene rings is 2. The summed E-state index contributed by atoms with van der Waals surface area (Å²) in [4.78, 5) is 20.7. The summed E-state index contributed by atoms with van der Waals surface area (Å²) < 4.78 is 0. The van der Waals surface area contributed by atoms with Gasteiger partial charge in [0.2, 0.25) is 11.6 Å². The summed E-state index contributed by atoms with van der Waals surface area (Å²) in [5.41, 5.74) is 7.50. The van der Waals surface area contributed by atoms with Crippen molar-refractivity contribution < 1.29 is 4.92 Å². The van der Waals surface area contributed by atoms with Gasteiger partial charge in [0.15, 0.2) is 0 Å². The summed E-state index contributed by atoms with van der Waals surface area (Å²) in [6.45, 7) is 0.931. The third-order valence-electron chi connectivity index (χ3n) is 3.75. The second kappa shape index (κ2) is 7.39. The average molecular weight is 335 g/mol. The number of anilines is 2. The molecule has 0 amide bonds. The maximum absolute atomic E-state index is 11.5. The van der Waals surface area contributed by atoms with Gasteiger partial charge in [-0.15, -0.1) is 0 Å². The van der Waals surface area contributed by atoms with Crippen molar-refractivity contribution in [1.29, 1.82) is 0 Å². The lowest BCUT2D eigenvalue weighted by atomic mass is 10.1. The fraction of sp³-hybridized carbons (Fsp3) is 0.111. The molecular weight excluding hydrogens is 318 g/mol. The minimum absolute atomic E-state index is 0.138. The molecule has 7 heteroatoms.